The molecular formula is C24H26N4O2. The lowest BCUT2D eigenvalue weighted by Gasteiger charge is -2.17. The minimum atomic E-state index is -0.237. The molecule has 2 unspecified atom stereocenters. The number of pyridine rings is 1. The summed E-state index contributed by atoms with van der Waals surface area (Å²) in [5.41, 5.74) is 2.92. The Morgan fingerprint density at radius 1 is 0.867 bits per heavy atom. The van der Waals surface area contributed by atoms with Gasteiger partial charge in [-0.25, -0.2) is 0 Å². The van der Waals surface area contributed by atoms with Gasteiger partial charge in [0, 0.05) is 18.4 Å². The van der Waals surface area contributed by atoms with Crippen molar-refractivity contribution < 1.29 is 9.59 Å². The van der Waals surface area contributed by atoms with Crippen LogP contribution in [0.2, 0.25) is 0 Å². The Balaban J connectivity index is 1.60. The van der Waals surface area contributed by atoms with E-state index in [2.05, 4.69) is 20.9 Å². The molecule has 3 aromatic rings. The van der Waals surface area contributed by atoms with E-state index in [1.54, 1.807) is 36.7 Å². The van der Waals surface area contributed by atoms with Crippen molar-refractivity contribution >= 4 is 17.5 Å². The van der Waals surface area contributed by atoms with E-state index in [9.17, 15) is 9.59 Å². The van der Waals surface area contributed by atoms with Gasteiger partial charge in [0.25, 0.3) is 5.91 Å². The fraction of sp³-hybridized carbons (Fsp3) is 0.208. The van der Waals surface area contributed by atoms with E-state index in [4.69, 9.17) is 0 Å². The third-order valence-corrected chi connectivity index (χ3v) is 4.85. The summed E-state index contributed by atoms with van der Waals surface area (Å²) in [6.45, 7) is 4.02. The van der Waals surface area contributed by atoms with Crippen molar-refractivity contribution in [3.05, 3.63) is 95.8 Å². The van der Waals surface area contributed by atoms with E-state index < -0.39 is 0 Å². The van der Waals surface area contributed by atoms with Crippen LogP contribution in [-0.2, 0) is 4.79 Å². The first-order chi connectivity index (χ1) is 14.5. The smallest absolute Gasteiger partial charge is 0.253 e. The quantitative estimate of drug-likeness (QED) is 0.534. The van der Waals surface area contributed by atoms with Gasteiger partial charge >= 0.3 is 0 Å². The highest BCUT2D eigenvalue weighted by Crippen LogP contribution is 2.18. The number of nitrogens with one attached hydrogen (secondary N) is 3. The zero-order valence-corrected chi connectivity index (χ0v) is 17.1. The highest BCUT2D eigenvalue weighted by molar-refractivity contribution is 6.04. The van der Waals surface area contributed by atoms with Gasteiger partial charge in [-0.1, -0.05) is 48.5 Å². The third-order valence-electron chi connectivity index (χ3n) is 4.85. The van der Waals surface area contributed by atoms with Crippen molar-refractivity contribution in [1.82, 2.24) is 15.6 Å². The van der Waals surface area contributed by atoms with Crippen molar-refractivity contribution in [1.29, 1.82) is 0 Å². The van der Waals surface area contributed by atoms with Gasteiger partial charge in [0.1, 0.15) is 0 Å². The molecule has 0 fully saturated rings. The highest BCUT2D eigenvalue weighted by atomic mass is 16.2. The minimum Gasteiger partial charge on any atom is -0.345 e. The summed E-state index contributed by atoms with van der Waals surface area (Å²) in [4.78, 5) is 29.3. The number of carbonyl (C=O) groups is 2. The van der Waals surface area contributed by atoms with Crippen LogP contribution < -0.4 is 16.0 Å². The molecule has 154 valence electrons. The van der Waals surface area contributed by atoms with E-state index in [1.807, 2.05) is 56.3 Å². The summed E-state index contributed by atoms with van der Waals surface area (Å²) in [5, 5.41) is 8.99. The van der Waals surface area contributed by atoms with Gasteiger partial charge in [0.05, 0.1) is 23.8 Å². The number of benzene rings is 2. The molecule has 1 aromatic heterocycles. The second-order valence-electron chi connectivity index (χ2n) is 7.09. The molecular weight excluding hydrogens is 376 g/mol. The Hall–Kier alpha value is -3.51. The molecule has 30 heavy (non-hydrogen) atoms. The number of hydrogen-bond donors (Lipinski definition) is 3. The number of carbonyl (C=O) groups excluding carboxylic acids is 2. The Kier molecular flexibility index (Phi) is 7.29. The van der Waals surface area contributed by atoms with E-state index in [1.165, 1.54) is 0 Å². The van der Waals surface area contributed by atoms with Crippen LogP contribution in [0.4, 0.5) is 5.69 Å². The third kappa shape index (κ3) is 5.75. The van der Waals surface area contributed by atoms with Crippen LogP contribution in [0.15, 0.2) is 79.1 Å². The first kappa shape index (κ1) is 21.2. The van der Waals surface area contributed by atoms with E-state index in [-0.39, 0.29) is 30.4 Å². The van der Waals surface area contributed by atoms with Crippen LogP contribution in [0, 0.1) is 0 Å². The molecule has 2 amide bonds. The van der Waals surface area contributed by atoms with E-state index in [0.717, 1.165) is 11.1 Å². The lowest BCUT2D eigenvalue weighted by molar-refractivity contribution is -0.115. The predicted octanol–water partition coefficient (Wildman–Crippen LogP) is 3.86. The number of amides is 2. The number of aromatic nitrogens is 1. The maximum absolute atomic E-state index is 12.8. The Labute approximate surface area is 176 Å². The molecule has 0 saturated carbocycles. The molecule has 6 heteroatoms. The van der Waals surface area contributed by atoms with Crippen LogP contribution in [0.3, 0.4) is 0 Å². The standard InChI is InChI=1S/C24H26N4O2/c1-17(20-11-8-14-25-15-20)26-16-23(29)28-22-13-7-6-12-21(22)24(30)27-18(2)19-9-4-3-5-10-19/h3-15,17-18,26H,16H2,1-2H3,(H,27,30)(H,28,29). The molecule has 0 aliphatic heterocycles. The maximum Gasteiger partial charge on any atom is 0.253 e. The first-order valence-corrected chi connectivity index (χ1v) is 9.92. The predicted molar refractivity (Wildman–Crippen MR) is 118 cm³/mol. The summed E-state index contributed by atoms with van der Waals surface area (Å²) >= 11 is 0. The molecule has 2 aromatic carbocycles. The topological polar surface area (TPSA) is 83.1 Å². The molecule has 2 atom stereocenters. The first-order valence-electron chi connectivity index (χ1n) is 9.92. The number of hydrogen-bond acceptors (Lipinski definition) is 4. The van der Waals surface area contributed by atoms with Crippen LogP contribution in [0.25, 0.3) is 0 Å². The number of anilines is 1. The Bertz CT molecular complexity index is 977. The molecule has 3 rings (SSSR count). The van der Waals surface area contributed by atoms with E-state index >= 15 is 0 Å². The molecule has 6 nitrogen and oxygen atoms in total. The summed E-state index contributed by atoms with van der Waals surface area (Å²) in [6.07, 6.45) is 3.48. The average Bonchev–Trinajstić information content (AvgIpc) is 2.79. The van der Waals surface area contributed by atoms with E-state index in [0.29, 0.717) is 11.3 Å². The van der Waals surface area contributed by atoms with Gasteiger partial charge in [-0.2, -0.15) is 0 Å². The van der Waals surface area contributed by atoms with Gasteiger partial charge in [0.15, 0.2) is 0 Å². The van der Waals surface area contributed by atoms with Gasteiger partial charge < -0.3 is 16.0 Å². The van der Waals surface area contributed by atoms with Gasteiger partial charge in [-0.15, -0.1) is 0 Å². The molecule has 0 radical (unpaired) electrons. The SMILES string of the molecule is CC(NCC(=O)Nc1ccccc1C(=O)NC(C)c1ccccc1)c1cccnc1. The second-order valence-corrected chi connectivity index (χ2v) is 7.09. The summed E-state index contributed by atoms with van der Waals surface area (Å²) in [6, 6.07) is 20.4. The number of rotatable bonds is 8. The fourth-order valence-corrected chi connectivity index (χ4v) is 3.08. The van der Waals surface area contributed by atoms with Crippen LogP contribution in [-0.4, -0.2) is 23.3 Å². The molecule has 0 aliphatic rings. The minimum absolute atomic E-state index is 0.0188. The molecule has 0 bridgehead atoms. The highest BCUT2D eigenvalue weighted by Gasteiger charge is 2.16. The molecule has 0 aliphatic carbocycles. The summed E-state index contributed by atoms with van der Waals surface area (Å²) < 4.78 is 0. The molecule has 0 saturated heterocycles. The van der Waals surface area contributed by atoms with Gasteiger partial charge in [-0.3, -0.25) is 14.6 Å². The van der Waals surface area contributed by atoms with Crippen LogP contribution in [0.5, 0.6) is 0 Å². The Morgan fingerprint density at radius 3 is 2.30 bits per heavy atom. The van der Waals surface area contributed by atoms with Gasteiger partial charge in [0.2, 0.25) is 5.91 Å². The van der Waals surface area contributed by atoms with Crippen LogP contribution >= 0.6 is 0 Å². The summed E-state index contributed by atoms with van der Waals surface area (Å²) in [5.74, 6) is -0.457. The number of para-hydroxylation sites is 1. The van der Waals surface area contributed by atoms with Crippen molar-refractivity contribution in [3.63, 3.8) is 0 Å². The lowest BCUT2D eigenvalue weighted by Crippen LogP contribution is -2.32. The number of nitrogens with zero attached hydrogens (tertiary/aromatic N) is 1. The normalized spacial score (nSPS) is 12.6. The Morgan fingerprint density at radius 2 is 1.57 bits per heavy atom. The molecule has 1 heterocycles. The summed E-state index contributed by atoms with van der Waals surface area (Å²) in [7, 11) is 0. The van der Waals surface area contributed by atoms with Crippen molar-refractivity contribution in [3.8, 4) is 0 Å². The average molecular weight is 402 g/mol. The second kappa shape index (κ2) is 10.3. The largest absolute Gasteiger partial charge is 0.345 e. The maximum atomic E-state index is 12.8. The lowest BCUT2D eigenvalue weighted by atomic mass is 10.1. The van der Waals surface area contributed by atoms with Crippen LogP contribution in [0.1, 0.15) is 47.4 Å². The molecule has 3 N–H and O–H groups in total. The van der Waals surface area contributed by atoms with Crippen molar-refractivity contribution in [2.75, 3.05) is 11.9 Å². The fourth-order valence-electron chi connectivity index (χ4n) is 3.08. The zero-order valence-electron chi connectivity index (χ0n) is 17.1. The monoisotopic (exact) mass is 402 g/mol. The molecule has 0 spiro atoms. The van der Waals surface area contributed by atoms with Gasteiger partial charge in [-0.05, 0) is 43.2 Å². The zero-order chi connectivity index (χ0) is 21.3. The van der Waals surface area contributed by atoms with Crippen molar-refractivity contribution in [2.24, 2.45) is 0 Å². The van der Waals surface area contributed by atoms with Crippen molar-refractivity contribution in [2.45, 2.75) is 25.9 Å².